The van der Waals surface area contributed by atoms with Gasteiger partial charge in [-0.3, -0.25) is 9.59 Å². The summed E-state index contributed by atoms with van der Waals surface area (Å²) in [5.74, 6) is 0.621. The summed E-state index contributed by atoms with van der Waals surface area (Å²) in [5, 5.41) is 0. The lowest BCUT2D eigenvalue weighted by molar-refractivity contribution is -0.138. The Bertz CT molecular complexity index is 1080. The Kier molecular flexibility index (Phi) is 11.1. The Hall–Kier alpha value is -2.62. The summed E-state index contributed by atoms with van der Waals surface area (Å²) in [5.41, 5.74) is 4.45. The average molecular weight is 597 g/mol. The smallest absolute Gasteiger partial charge is 0.227 e. The first kappa shape index (κ1) is 31.4. The molecular formula is C40H56N2O2. The molecule has 0 unspecified atom stereocenters. The van der Waals surface area contributed by atoms with Crippen LogP contribution in [-0.2, 0) is 22.4 Å². The van der Waals surface area contributed by atoms with Gasteiger partial charge in [0.05, 0.1) is 12.8 Å². The van der Waals surface area contributed by atoms with Crippen LogP contribution < -0.4 is 0 Å². The highest BCUT2D eigenvalue weighted by Gasteiger charge is 2.34. The zero-order chi connectivity index (χ0) is 30.1. The topological polar surface area (TPSA) is 40.6 Å². The van der Waals surface area contributed by atoms with Gasteiger partial charge >= 0.3 is 0 Å². The number of nitrogens with zero attached hydrogens (tertiary/aromatic N) is 2. The second-order valence-electron chi connectivity index (χ2n) is 14.4. The minimum absolute atomic E-state index is 0.311. The van der Waals surface area contributed by atoms with E-state index >= 15 is 0 Å². The summed E-state index contributed by atoms with van der Waals surface area (Å²) in [6.45, 7) is 0. The second kappa shape index (κ2) is 15.6. The number of carbonyl (C=O) groups excluding carboxylic acids is 2. The van der Waals surface area contributed by atoms with Gasteiger partial charge in [-0.25, -0.2) is 0 Å². The molecule has 2 aromatic rings. The van der Waals surface area contributed by atoms with Gasteiger partial charge in [-0.15, -0.1) is 0 Å². The molecule has 238 valence electrons. The van der Waals surface area contributed by atoms with Crippen molar-refractivity contribution in [2.75, 3.05) is 0 Å². The van der Waals surface area contributed by atoms with Crippen LogP contribution in [0.3, 0.4) is 0 Å². The minimum Gasteiger partial charge on any atom is -0.336 e. The predicted octanol–water partition coefficient (Wildman–Crippen LogP) is 9.43. The largest absolute Gasteiger partial charge is 0.336 e. The molecule has 4 heteroatoms. The normalized spacial score (nSPS) is 21.2. The molecule has 4 nitrogen and oxygen atoms in total. The molecule has 4 fully saturated rings. The van der Waals surface area contributed by atoms with Crippen LogP contribution in [0, 0.1) is 0 Å². The van der Waals surface area contributed by atoms with Gasteiger partial charge in [0.2, 0.25) is 11.8 Å². The summed E-state index contributed by atoms with van der Waals surface area (Å²) in [6.07, 6.45) is 25.4. The zero-order valence-electron chi connectivity index (χ0n) is 27.2. The number of carbonyl (C=O) groups is 2. The fourth-order valence-corrected chi connectivity index (χ4v) is 9.23. The molecule has 0 heterocycles. The van der Waals surface area contributed by atoms with Crippen LogP contribution in [0.15, 0.2) is 48.5 Å². The summed E-state index contributed by atoms with van der Waals surface area (Å²) < 4.78 is 0. The molecule has 0 atom stereocenters. The van der Waals surface area contributed by atoms with E-state index in [9.17, 15) is 9.59 Å². The number of hydrogen-bond donors (Lipinski definition) is 0. The molecule has 0 radical (unpaired) electrons. The maximum Gasteiger partial charge on any atom is 0.227 e. The number of amides is 2. The number of hydrogen-bond acceptors (Lipinski definition) is 2. The highest BCUT2D eigenvalue weighted by Crippen LogP contribution is 2.35. The molecule has 0 bridgehead atoms. The van der Waals surface area contributed by atoms with Crippen LogP contribution in [0.1, 0.15) is 140 Å². The SMILES string of the molecule is O=C(Cc1ccccc1-c1ccccc1CC(=O)N(C1CCCCC1)C1CCCCC1)N(C1CCCCC1)C1CCCCC1. The van der Waals surface area contributed by atoms with E-state index in [2.05, 4.69) is 58.3 Å². The summed E-state index contributed by atoms with van der Waals surface area (Å²) in [7, 11) is 0. The van der Waals surface area contributed by atoms with E-state index in [0.29, 0.717) is 48.8 Å². The lowest BCUT2D eigenvalue weighted by Crippen LogP contribution is -2.49. The molecule has 44 heavy (non-hydrogen) atoms. The van der Waals surface area contributed by atoms with E-state index in [1.807, 2.05) is 0 Å². The van der Waals surface area contributed by atoms with Crippen LogP contribution in [0.5, 0.6) is 0 Å². The van der Waals surface area contributed by atoms with Gasteiger partial charge in [-0.05, 0) is 73.6 Å². The molecule has 0 spiro atoms. The lowest BCUT2D eigenvalue weighted by atomic mass is 9.87. The fourth-order valence-electron chi connectivity index (χ4n) is 9.23. The van der Waals surface area contributed by atoms with Gasteiger partial charge < -0.3 is 9.80 Å². The van der Waals surface area contributed by atoms with Crippen LogP contribution in [0.2, 0.25) is 0 Å². The van der Waals surface area contributed by atoms with Crippen molar-refractivity contribution in [3.8, 4) is 11.1 Å². The fraction of sp³-hybridized carbons (Fsp3) is 0.650. The lowest BCUT2D eigenvalue weighted by Gasteiger charge is -2.42. The monoisotopic (exact) mass is 596 g/mol. The van der Waals surface area contributed by atoms with Crippen molar-refractivity contribution in [3.05, 3.63) is 59.7 Å². The highest BCUT2D eigenvalue weighted by molar-refractivity contribution is 5.86. The Morgan fingerprint density at radius 2 is 0.705 bits per heavy atom. The zero-order valence-corrected chi connectivity index (χ0v) is 27.2. The van der Waals surface area contributed by atoms with Crippen molar-refractivity contribution in [1.82, 2.24) is 9.80 Å². The maximum atomic E-state index is 14.3. The van der Waals surface area contributed by atoms with E-state index in [-0.39, 0.29) is 0 Å². The van der Waals surface area contributed by atoms with E-state index in [1.165, 1.54) is 77.0 Å². The van der Waals surface area contributed by atoms with Gasteiger partial charge in [-0.1, -0.05) is 126 Å². The number of benzene rings is 2. The van der Waals surface area contributed by atoms with E-state index in [1.54, 1.807) is 0 Å². The van der Waals surface area contributed by atoms with Gasteiger partial charge in [0.15, 0.2) is 0 Å². The first-order valence-corrected chi connectivity index (χ1v) is 18.5. The van der Waals surface area contributed by atoms with Crippen molar-refractivity contribution in [3.63, 3.8) is 0 Å². The Morgan fingerprint density at radius 1 is 0.432 bits per heavy atom. The summed E-state index contributed by atoms with van der Waals surface area (Å²) in [4.78, 5) is 33.2. The molecule has 4 aliphatic carbocycles. The first-order valence-electron chi connectivity index (χ1n) is 18.5. The van der Waals surface area contributed by atoms with Crippen molar-refractivity contribution in [1.29, 1.82) is 0 Å². The molecule has 2 aromatic carbocycles. The molecule has 0 N–H and O–H groups in total. The summed E-state index contributed by atoms with van der Waals surface area (Å²) in [6, 6.07) is 18.6. The molecule has 6 rings (SSSR count). The Balaban J connectivity index is 1.24. The first-order chi connectivity index (χ1) is 21.7. The standard InChI is InChI=1S/C40H56N2O2/c43-39(41(33-19-5-1-6-20-33)34-21-7-2-8-22-34)29-31-17-13-15-27-37(31)38-28-16-14-18-32(38)30-40(44)42(35-23-9-3-10-24-35)36-25-11-4-12-26-36/h13-18,27-28,33-36H,1-12,19-26,29-30H2. The predicted molar refractivity (Wildman–Crippen MR) is 180 cm³/mol. The third-order valence-electron chi connectivity index (χ3n) is 11.5. The van der Waals surface area contributed by atoms with Gasteiger partial charge in [0, 0.05) is 24.2 Å². The minimum atomic E-state index is 0.311. The van der Waals surface area contributed by atoms with Gasteiger partial charge in [-0.2, -0.15) is 0 Å². The van der Waals surface area contributed by atoms with Crippen LogP contribution in [0.4, 0.5) is 0 Å². The summed E-state index contributed by atoms with van der Waals surface area (Å²) >= 11 is 0. The van der Waals surface area contributed by atoms with Gasteiger partial charge in [0.25, 0.3) is 0 Å². The van der Waals surface area contributed by atoms with Crippen molar-refractivity contribution >= 4 is 11.8 Å². The number of rotatable bonds is 9. The van der Waals surface area contributed by atoms with Crippen molar-refractivity contribution < 1.29 is 9.59 Å². The van der Waals surface area contributed by atoms with Crippen LogP contribution in [-0.4, -0.2) is 45.8 Å². The van der Waals surface area contributed by atoms with E-state index in [0.717, 1.165) is 73.6 Å². The Labute approximate surface area is 267 Å². The van der Waals surface area contributed by atoms with Crippen molar-refractivity contribution in [2.45, 2.75) is 165 Å². The van der Waals surface area contributed by atoms with Gasteiger partial charge in [0.1, 0.15) is 0 Å². The average Bonchev–Trinajstić information content (AvgIpc) is 3.08. The molecule has 4 aliphatic rings. The van der Waals surface area contributed by atoms with E-state index < -0.39 is 0 Å². The second-order valence-corrected chi connectivity index (χ2v) is 14.4. The molecule has 0 aliphatic heterocycles. The highest BCUT2D eigenvalue weighted by atomic mass is 16.2. The molecule has 2 amide bonds. The van der Waals surface area contributed by atoms with Crippen molar-refractivity contribution in [2.24, 2.45) is 0 Å². The molecule has 0 aromatic heterocycles. The molecular weight excluding hydrogens is 540 g/mol. The van der Waals surface area contributed by atoms with Crippen LogP contribution >= 0.6 is 0 Å². The quantitative estimate of drug-likeness (QED) is 0.289. The Morgan fingerprint density at radius 3 is 1.00 bits per heavy atom. The third kappa shape index (κ3) is 7.60. The maximum absolute atomic E-state index is 14.3. The third-order valence-corrected chi connectivity index (χ3v) is 11.5. The molecule has 4 saturated carbocycles. The molecule has 0 saturated heterocycles. The van der Waals surface area contributed by atoms with E-state index in [4.69, 9.17) is 0 Å². The van der Waals surface area contributed by atoms with Crippen LogP contribution in [0.25, 0.3) is 11.1 Å².